The Morgan fingerprint density at radius 1 is 0.851 bits per heavy atom. The number of H-pyrrole nitrogens is 1. The van der Waals surface area contributed by atoms with E-state index in [-0.39, 0.29) is 29.7 Å². The number of nitrogens with one attached hydrogen (secondary N) is 5. The smallest absolute Gasteiger partial charge is 0.251 e. The van der Waals surface area contributed by atoms with Crippen LogP contribution in [0.25, 0.3) is 22.5 Å². The number of anilines is 1. The molecule has 47 heavy (non-hydrogen) atoms. The Morgan fingerprint density at radius 2 is 1.53 bits per heavy atom. The fraction of sp³-hybridized carbons (Fsp3) is 0.371. The SMILES string of the molecule is NCC1CCC(C(=O)N[C@@H](Cc2ccc(-c3ccc(C(=O)NC4CCNC4)cc3)cc2)C(=O)Nc2ccc(-c3nn[nH]n3)cc2)CC1. The van der Waals surface area contributed by atoms with Crippen LogP contribution in [0.1, 0.15) is 48.0 Å². The van der Waals surface area contributed by atoms with Crippen molar-refractivity contribution in [2.24, 2.45) is 17.6 Å². The van der Waals surface area contributed by atoms with Crippen molar-refractivity contribution >= 4 is 23.4 Å². The van der Waals surface area contributed by atoms with E-state index in [4.69, 9.17) is 5.73 Å². The van der Waals surface area contributed by atoms with Gasteiger partial charge < -0.3 is 27.0 Å². The maximum absolute atomic E-state index is 13.6. The minimum absolute atomic E-state index is 0.0673. The van der Waals surface area contributed by atoms with E-state index >= 15 is 0 Å². The molecule has 244 valence electrons. The maximum atomic E-state index is 13.6. The number of benzene rings is 3. The van der Waals surface area contributed by atoms with Crippen LogP contribution < -0.4 is 27.0 Å². The normalized spacial score (nSPS) is 19.9. The molecule has 2 atom stereocenters. The molecule has 1 unspecified atom stereocenters. The molecule has 1 aliphatic heterocycles. The van der Waals surface area contributed by atoms with Gasteiger partial charge in [0.05, 0.1) is 0 Å². The Hall–Kier alpha value is -4.94. The monoisotopic (exact) mass is 635 g/mol. The lowest BCUT2D eigenvalue weighted by Crippen LogP contribution is -2.48. The van der Waals surface area contributed by atoms with Gasteiger partial charge in [-0.05, 0) is 109 Å². The Balaban J connectivity index is 1.12. The second-order valence-electron chi connectivity index (χ2n) is 12.5. The molecule has 0 spiro atoms. The van der Waals surface area contributed by atoms with Gasteiger partial charge >= 0.3 is 0 Å². The molecule has 2 aliphatic rings. The zero-order valence-electron chi connectivity index (χ0n) is 26.2. The molecule has 1 saturated carbocycles. The predicted molar refractivity (Wildman–Crippen MR) is 179 cm³/mol. The van der Waals surface area contributed by atoms with Gasteiger partial charge in [-0.3, -0.25) is 14.4 Å². The number of carbonyl (C=O) groups excluding carboxylic acids is 3. The number of aromatic nitrogens is 4. The standard InChI is InChI=1S/C35H41N9O3/c36-20-23-3-7-27(8-4-23)34(46)40-31(35(47)38-29-15-13-26(14-16-29)32-41-43-44-42-32)19-22-1-5-24(6-2-22)25-9-11-28(12-10-25)33(45)39-30-17-18-37-21-30/h1-2,5-6,9-16,23,27,30-31,37H,3-4,7-8,17-21,36H2,(H,38,47)(H,39,45)(H,40,46)(H,41,42,43,44)/t23?,27?,30?,31-/m0/s1. The number of hydrogen-bond donors (Lipinski definition) is 6. The third-order valence-corrected chi connectivity index (χ3v) is 9.21. The summed E-state index contributed by atoms with van der Waals surface area (Å²) < 4.78 is 0. The number of carbonyl (C=O) groups is 3. The molecular formula is C35H41N9O3. The van der Waals surface area contributed by atoms with E-state index in [1.807, 2.05) is 48.5 Å². The highest BCUT2D eigenvalue weighted by Crippen LogP contribution is 2.28. The zero-order valence-corrected chi connectivity index (χ0v) is 26.2. The summed E-state index contributed by atoms with van der Waals surface area (Å²) in [4.78, 5) is 39.6. The molecular weight excluding hydrogens is 594 g/mol. The van der Waals surface area contributed by atoms with Crippen molar-refractivity contribution in [3.05, 3.63) is 83.9 Å². The molecule has 1 saturated heterocycles. The fourth-order valence-electron chi connectivity index (χ4n) is 6.30. The van der Waals surface area contributed by atoms with Gasteiger partial charge in [0.15, 0.2) is 0 Å². The van der Waals surface area contributed by atoms with E-state index in [0.717, 1.165) is 67.4 Å². The van der Waals surface area contributed by atoms with Crippen LogP contribution in [-0.4, -0.2) is 70.1 Å². The van der Waals surface area contributed by atoms with Crippen LogP contribution in [0.3, 0.4) is 0 Å². The highest BCUT2D eigenvalue weighted by atomic mass is 16.2. The van der Waals surface area contributed by atoms with Crippen LogP contribution in [0, 0.1) is 11.8 Å². The average molecular weight is 636 g/mol. The van der Waals surface area contributed by atoms with E-state index in [0.29, 0.717) is 36.0 Å². The highest BCUT2D eigenvalue weighted by molar-refractivity contribution is 5.98. The quantitative estimate of drug-likeness (QED) is 0.146. The number of tetrazole rings is 1. The summed E-state index contributed by atoms with van der Waals surface area (Å²) in [5.41, 5.74) is 10.7. The van der Waals surface area contributed by atoms with Gasteiger partial charge in [-0.2, -0.15) is 5.21 Å². The van der Waals surface area contributed by atoms with E-state index < -0.39 is 6.04 Å². The van der Waals surface area contributed by atoms with Gasteiger partial charge in [0.1, 0.15) is 6.04 Å². The third-order valence-electron chi connectivity index (χ3n) is 9.21. The summed E-state index contributed by atoms with van der Waals surface area (Å²) in [5.74, 6) is 0.312. The van der Waals surface area contributed by atoms with Crippen LogP contribution in [0.4, 0.5) is 5.69 Å². The zero-order chi connectivity index (χ0) is 32.6. The molecule has 2 heterocycles. The highest BCUT2D eigenvalue weighted by Gasteiger charge is 2.29. The van der Waals surface area contributed by atoms with E-state index in [9.17, 15) is 14.4 Å². The number of nitrogens with zero attached hydrogens (tertiary/aromatic N) is 3. The summed E-state index contributed by atoms with van der Waals surface area (Å²) in [6, 6.07) is 22.0. The van der Waals surface area contributed by atoms with Crippen LogP contribution in [-0.2, 0) is 16.0 Å². The molecule has 6 rings (SSSR count). The van der Waals surface area contributed by atoms with Crippen molar-refractivity contribution in [1.29, 1.82) is 0 Å². The van der Waals surface area contributed by atoms with E-state index in [1.165, 1.54) is 0 Å². The lowest BCUT2D eigenvalue weighted by Gasteiger charge is -2.28. The molecule has 3 amide bonds. The minimum atomic E-state index is -0.773. The van der Waals surface area contributed by atoms with E-state index in [2.05, 4.69) is 41.9 Å². The van der Waals surface area contributed by atoms with Gasteiger partial charge in [-0.25, -0.2) is 0 Å². The Morgan fingerprint density at radius 3 is 2.15 bits per heavy atom. The fourth-order valence-corrected chi connectivity index (χ4v) is 6.30. The first-order valence-electron chi connectivity index (χ1n) is 16.3. The van der Waals surface area contributed by atoms with Gasteiger partial charge in [0.2, 0.25) is 17.6 Å². The minimum Gasteiger partial charge on any atom is -0.348 e. The Bertz CT molecular complexity index is 1630. The maximum Gasteiger partial charge on any atom is 0.251 e. The summed E-state index contributed by atoms with van der Waals surface area (Å²) in [7, 11) is 0. The number of hydrogen-bond acceptors (Lipinski definition) is 8. The molecule has 7 N–H and O–H groups in total. The van der Waals surface area contributed by atoms with Crippen LogP contribution >= 0.6 is 0 Å². The van der Waals surface area contributed by atoms with Crippen LogP contribution in [0.15, 0.2) is 72.8 Å². The van der Waals surface area contributed by atoms with Crippen molar-refractivity contribution in [3.63, 3.8) is 0 Å². The second kappa shape index (κ2) is 15.1. The van der Waals surface area contributed by atoms with Crippen LogP contribution in [0.5, 0.6) is 0 Å². The molecule has 1 aliphatic carbocycles. The van der Waals surface area contributed by atoms with E-state index in [1.54, 1.807) is 24.3 Å². The summed E-state index contributed by atoms with van der Waals surface area (Å²) in [5, 5.41) is 26.3. The lowest BCUT2D eigenvalue weighted by atomic mass is 9.81. The Kier molecular flexibility index (Phi) is 10.3. The summed E-state index contributed by atoms with van der Waals surface area (Å²) in [6.07, 6.45) is 4.64. The molecule has 0 bridgehead atoms. The first-order chi connectivity index (χ1) is 22.9. The van der Waals surface area contributed by atoms with Gasteiger partial charge in [0, 0.05) is 41.7 Å². The van der Waals surface area contributed by atoms with Crippen molar-refractivity contribution in [3.8, 4) is 22.5 Å². The number of aromatic amines is 1. The molecule has 0 radical (unpaired) electrons. The van der Waals surface area contributed by atoms with Gasteiger partial charge in [-0.15, -0.1) is 10.2 Å². The van der Waals surface area contributed by atoms with Gasteiger partial charge in [0.25, 0.3) is 5.91 Å². The van der Waals surface area contributed by atoms with Crippen molar-refractivity contribution < 1.29 is 14.4 Å². The molecule has 4 aromatic rings. The molecule has 12 heteroatoms. The van der Waals surface area contributed by atoms with Crippen molar-refractivity contribution in [2.75, 3.05) is 25.0 Å². The number of rotatable bonds is 11. The predicted octanol–water partition coefficient (Wildman–Crippen LogP) is 3.06. The van der Waals surface area contributed by atoms with Crippen molar-refractivity contribution in [2.45, 2.75) is 50.6 Å². The Labute approximate surface area is 273 Å². The van der Waals surface area contributed by atoms with Crippen molar-refractivity contribution in [1.82, 2.24) is 36.6 Å². The topological polar surface area (TPSA) is 180 Å². The average Bonchev–Trinajstić information content (AvgIpc) is 3.84. The molecule has 1 aromatic heterocycles. The first-order valence-corrected chi connectivity index (χ1v) is 16.3. The number of amides is 3. The molecule has 2 fully saturated rings. The number of nitrogens with two attached hydrogens (primary N) is 1. The molecule has 3 aromatic carbocycles. The second-order valence-corrected chi connectivity index (χ2v) is 12.5. The van der Waals surface area contributed by atoms with Crippen LogP contribution in [0.2, 0.25) is 0 Å². The summed E-state index contributed by atoms with van der Waals surface area (Å²) >= 11 is 0. The lowest BCUT2D eigenvalue weighted by molar-refractivity contribution is -0.130. The molecule has 12 nitrogen and oxygen atoms in total. The summed E-state index contributed by atoms with van der Waals surface area (Å²) in [6.45, 7) is 2.36. The first kappa shape index (κ1) is 32.0. The largest absolute Gasteiger partial charge is 0.348 e. The third kappa shape index (κ3) is 8.27. The van der Waals surface area contributed by atoms with Gasteiger partial charge in [-0.1, -0.05) is 36.4 Å².